The lowest BCUT2D eigenvalue weighted by molar-refractivity contribution is -0.118. The van der Waals surface area contributed by atoms with Gasteiger partial charge in [0.05, 0.1) is 10.6 Å². The highest BCUT2D eigenvalue weighted by molar-refractivity contribution is 7.73. The van der Waals surface area contributed by atoms with Gasteiger partial charge in [-0.3, -0.25) is 14.4 Å². The molecule has 0 spiro atoms. The number of rotatable bonds is 4. The van der Waals surface area contributed by atoms with E-state index in [1.807, 2.05) is 61.5 Å². The van der Waals surface area contributed by atoms with Gasteiger partial charge in [-0.05, 0) is 55.9 Å². The number of aliphatic imine (C=N–C) groups is 1. The third-order valence-electron chi connectivity index (χ3n) is 4.74. The highest BCUT2D eigenvalue weighted by Crippen LogP contribution is 2.37. The molecule has 4 rings (SSSR count). The van der Waals surface area contributed by atoms with E-state index >= 15 is 0 Å². The summed E-state index contributed by atoms with van der Waals surface area (Å²) in [5.74, 6) is -0.260. The van der Waals surface area contributed by atoms with Crippen molar-refractivity contribution in [3.63, 3.8) is 0 Å². The number of anilines is 1. The van der Waals surface area contributed by atoms with Crippen LogP contribution in [0.1, 0.15) is 29.0 Å². The number of hydrogen-bond acceptors (Lipinski definition) is 5. The van der Waals surface area contributed by atoms with E-state index in [4.69, 9.17) is 12.2 Å². The Morgan fingerprint density at radius 2 is 2.07 bits per heavy atom. The monoisotopic (exact) mass is 421 g/mol. The van der Waals surface area contributed by atoms with Crippen LogP contribution in [0.15, 0.2) is 53.5 Å². The molecule has 0 saturated carbocycles. The number of fused-ring (bicyclic) bond motifs is 1. The second-order valence-electron chi connectivity index (χ2n) is 6.84. The van der Waals surface area contributed by atoms with Gasteiger partial charge >= 0.3 is 0 Å². The van der Waals surface area contributed by atoms with E-state index in [1.54, 1.807) is 13.1 Å². The van der Waals surface area contributed by atoms with Gasteiger partial charge in [0.1, 0.15) is 6.04 Å². The number of allylic oxidation sites excluding steroid dienone is 1. The molecule has 2 heterocycles. The summed E-state index contributed by atoms with van der Waals surface area (Å²) in [5, 5.41) is 13.7. The average Bonchev–Trinajstić information content (AvgIpc) is 3.22. The highest BCUT2D eigenvalue weighted by atomic mass is 32.1. The number of para-hydroxylation sites is 1. The van der Waals surface area contributed by atoms with Crippen molar-refractivity contribution in [1.82, 2.24) is 4.57 Å². The van der Waals surface area contributed by atoms with E-state index in [0.29, 0.717) is 14.5 Å². The third kappa shape index (κ3) is 3.79. The molecule has 0 fully saturated rings. The summed E-state index contributed by atoms with van der Waals surface area (Å²) in [6.45, 7) is 3.68. The van der Waals surface area contributed by atoms with E-state index in [9.17, 15) is 9.90 Å². The number of aryl methyl sites for hydroxylation is 1. The molecule has 0 aliphatic carbocycles. The van der Waals surface area contributed by atoms with Gasteiger partial charge in [0.25, 0.3) is 0 Å². The van der Waals surface area contributed by atoms with Gasteiger partial charge in [-0.15, -0.1) is 11.3 Å². The summed E-state index contributed by atoms with van der Waals surface area (Å²) in [6, 6.07) is 14.7. The zero-order valence-corrected chi connectivity index (χ0v) is 17.6. The lowest BCUT2D eigenvalue weighted by Crippen LogP contribution is -2.23. The van der Waals surface area contributed by atoms with Crippen molar-refractivity contribution in [3.8, 4) is 5.88 Å². The van der Waals surface area contributed by atoms with E-state index in [2.05, 4.69) is 10.3 Å². The molecule has 5 nitrogen and oxygen atoms in total. The van der Waals surface area contributed by atoms with Gasteiger partial charge in [0.2, 0.25) is 11.8 Å². The molecule has 0 radical (unpaired) electrons. The number of benzene rings is 2. The molecule has 0 saturated heterocycles. The number of aromatic nitrogens is 1. The highest BCUT2D eigenvalue weighted by Gasteiger charge is 2.22. The van der Waals surface area contributed by atoms with Crippen molar-refractivity contribution in [1.29, 1.82) is 0 Å². The zero-order valence-electron chi connectivity index (χ0n) is 15.9. The molecule has 29 heavy (non-hydrogen) atoms. The molecule has 1 atom stereocenters. The Hall–Kier alpha value is -3.03. The van der Waals surface area contributed by atoms with Gasteiger partial charge in [0.15, 0.2) is 3.95 Å². The minimum atomic E-state index is -0.657. The Balaban J connectivity index is 1.62. The van der Waals surface area contributed by atoms with Gasteiger partial charge in [-0.1, -0.05) is 30.3 Å². The predicted octanol–water partition coefficient (Wildman–Crippen LogP) is 5.75. The van der Waals surface area contributed by atoms with Crippen LogP contribution < -0.4 is 5.32 Å². The standard InChI is InChI=1S/C22H19N3O2S2/c1-13-6-5-7-16(10-13)24-20(26)14(2)25-21(27)19(29-22(25)28)11-15-12-23-18-9-4-3-8-17(15)18/h3-12,14,27H,1-2H3,(H,24,26)/b15-11+. The first kappa shape index (κ1) is 19.3. The largest absolute Gasteiger partial charge is 0.493 e. The first-order valence-corrected chi connectivity index (χ1v) is 10.3. The Morgan fingerprint density at radius 3 is 2.86 bits per heavy atom. The van der Waals surface area contributed by atoms with E-state index < -0.39 is 6.04 Å². The predicted molar refractivity (Wildman–Crippen MR) is 122 cm³/mol. The molecule has 1 unspecified atom stereocenters. The number of nitrogens with one attached hydrogen (secondary N) is 1. The van der Waals surface area contributed by atoms with Gasteiger partial charge in [0, 0.05) is 23.0 Å². The summed E-state index contributed by atoms with van der Waals surface area (Å²) >= 11 is 6.71. The van der Waals surface area contributed by atoms with Crippen molar-refractivity contribution in [2.75, 3.05) is 5.32 Å². The molecular weight excluding hydrogens is 402 g/mol. The van der Waals surface area contributed by atoms with Gasteiger partial charge in [-0.2, -0.15) is 0 Å². The van der Waals surface area contributed by atoms with Crippen molar-refractivity contribution in [3.05, 3.63) is 68.5 Å². The fourth-order valence-corrected chi connectivity index (χ4v) is 4.63. The normalized spacial score (nSPS) is 14.8. The second-order valence-corrected chi connectivity index (χ2v) is 8.51. The van der Waals surface area contributed by atoms with Crippen LogP contribution in [0, 0.1) is 10.9 Å². The Bertz CT molecular complexity index is 1220. The number of hydrogen-bond donors (Lipinski definition) is 2. The lowest BCUT2D eigenvalue weighted by atomic mass is 10.1. The second kappa shape index (κ2) is 7.77. The van der Waals surface area contributed by atoms with Crippen LogP contribution in [0.3, 0.4) is 0 Å². The van der Waals surface area contributed by atoms with Crippen LogP contribution in [-0.4, -0.2) is 21.8 Å². The molecule has 0 bridgehead atoms. The molecule has 1 aromatic heterocycles. The van der Waals surface area contributed by atoms with Crippen molar-refractivity contribution >= 4 is 58.7 Å². The van der Waals surface area contributed by atoms with Crippen LogP contribution in [0.5, 0.6) is 5.88 Å². The number of carbonyl (C=O) groups excluding carboxylic acids is 1. The van der Waals surface area contributed by atoms with Crippen molar-refractivity contribution in [2.24, 2.45) is 4.99 Å². The maximum atomic E-state index is 12.7. The van der Waals surface area contributed by atoms with Crippen LogP contribution in [0.25, 0.3) is 11.6 Å². The molecular formula is C22H19N3O2S2. The number of aromatic hydroxyl groups is 1. The molecule has 1 aliphatic heterocycles. The molecule has 2 N–H and O–H groups in total. The molecule has 2 aromatic carbocycles. The quantitative estimate of drug-likeness (QED) is 0.527. The Kier molecular flexibility index (Phi) is 5.17. The van der Waals surface area contributed by atoms with Crippen molar-refractivity contribution in [2.45, 2.75) is 19.9 Å². The number of thiazole rings is 1. The van der Waals surface area contributed by atoms with E-state index in [1.165, 1.54) is 15.9 Å². The first-order valence-electron chi connectivity index (χ1n) is 9.11. The molecule has 1 aliphatic rings. The minimum Gasteiger partial charge on any atom is -0.493 e. The molecule has 1 amide bonds. The van der Waals surface area contributed by atoms with Crippen LogP contribution in [-0.2, 0) is 4.79 Å². The van der Waals surface area contributed by atoms with E-state index in [0.717, 1.165) is 22.4 Å². The first-order chi connectivity index (χ1) is 13.9. The fourth-order valence-electron chi connectivity index (χ4n) is 3.21. The van der Waals surface area contributed by atoms with Crippen LogP contribution >= 0.6 is 23.6 Å². The lowest BCUT2D eigenvalue weighted by Gasteiger charge is -2.15. The molecule has 3 aromatic rings. The summed E-state index contributed by atoms with van der Waals surface area (Å²) in [6.07, 6.45) is 3.62. The number of amides is 1. The number of nitrogens with zero attached hydrogens (tertiary/aromatic N) is 2. The SMILES string of the molecule is Cc1cccc(NC(=O)C(C)n2c(O)c(/C=C3\C=Nc4ccccc43)sc2=S)c1. The summed E-state index contributed by atoms with van der Waals surface area (Å²) in [5.41, 5.74) is 4.56. The third-order valence-corrected chi connectivity index (χ3v) is 6.08. The van der Waals surface area contributed by atoms with E-state index in [-0.39, 0.29) is 11.8 Å². The Morgan fingerprint density at radius 1 is 1.28 bits per heavy atom. The van der Waals surface area contributed by atoms with Crippen molar-refractivity contribution < 1.29 is 9.90 Å². The summed E-state index contributed by atoms with van der Waals surface area (Å²) in [4.78, 5) is 17.7. The zero-order chi connectivity index (χ0) is 20.5. The van der Waals surface area contributed by atoms with Gasteiger partial charge < -0.3 is 10.4 Å². The molecule has 146 valence electrons. The summed E-state index contributed by atoms with van der Waals surface area (Å²) in [7, 11) is 0. The smallest absolute Gasteiger partial charge is 0.247 e. The maximum absolute atomic E-state index is 12.7. The van der Waals surface area contributed by atoms with Crippen LogP contribution in [0.2, 0.25) is 0 Å². The Labute approximate surface area is 177 Å². The van der Waals surface area contributed by atoms with Gasteiger partial charge in [-0.25, -0.2) is 0 Å². The topological polar surface area (TPSA) is 66.6 Å². The summed E-state index contributed by atoms with van der Waals surface area (Å²) < 4.78 is 1.92. The minimum absolute atomic E-state index is 0.0165. The fraction of sp³-hybridized carbons (Fsp3) is 0.136. The van der Waals surface area contributed by atoms with Crippen LogP contribution in [0.4, 0.5) is 11.4 Å². The average molecular weight is 422 g/mol. The maximum Gasteiger partial charge on any atom is 0.247 e. The number of carbonyl (C=O) groups is 1. The molecule has 7 heteroatoms.